The van der Waals surface area contributed by atoms with Gasteiger partial charge in [0, 0.05) is 44.3 Å². The zero-order valence-electron chi connectivity index (χ0n) is 29.9. The van der Waals surface area contributed by atoms with E-state index in [0.29, 0.717) is 5.92 Å². The van der Waals surface area contributed by atoms with Crippen LogP contribution in [0, 0.1) is 0 Å². The van der Waals surface area contributed by atoms with E-state index in [-0.39, 0.29) is 5.41 Å². The van der Waals surface area contributed by atoms with E-state index in [1.54, 1.807) is 5.57 Å². The van der Waals surface area contributed by atoms with E-state index in [2.05, 4.69) is 199 Å². The molecule has 53 heavy (non-hydrogen) atoms. The van der Waals surface area contributed by atoms with E-state index >= 15 is 0 Å². The largest absolute Gasteiger partial charge is 0.309 e. The summed E-state index contributed by atoms with van der Waals surface area (Å²) < 4.78 is 4.79. The number of nitrogens with zero attached hydrogens (tertiary/aromatic N) is 2. The molecule has 1 atom stereocenters. The van der Waals surface area contributed by atoms with Crippen molar-refractivity contribution in [2.24, 2.45) is 0 Å². The predicted octanol–water partition coefficient (Wildman–Crippen LogP) is 13.3. The van der Waals surface area contributed by atoms with E-state index in [9.17, 15) is 0 Å². The third-order valence-electron chi connectivity index (χ3n) is 12.2. The van der Waals surface area contributed by atoms with Crippen molar-refractivity contribution < 1.29 is 0 Å². The topological polar surface area (TPSA) is 9.86 Å². The predicted molar refractivity (Wildman–Crippen MR) is 223 cm³/mol. The van der Waals surface area contributed by atoms with Crippen molar-refractivity contribution in [2.45, 2.75) is 31.6 Å². The van der Waals surface area contributed by atoms with Crippen LogP contribution in [0.2, 0.25) is 0 Å². The summed E-state index contributed by atoms with van der Waals surface area (Å²) in [4.78, 5) is 0. The molecule has 2 heterocycles. The van der Waals surface area contributed by atoms with E-state index in [1.807, 2.05) is 0 Å². The third kappa shape index (κ3) is 4.45. The summed E-state index contributed by atoms with van der Waals surface area (Å²) in [6.45, 7) is 4.84. The molecule has 0 N–H and O–H groups in total. The van der Waals surface area contributed by atoms with Crippen LogP contribution in [0.15, 0.2) is 182 Å². The summed E-state index contributed by atoms with van der Waals surface area (Å²) in [6.07, 6.45) is 5.87. The maximum absolute atomic E-state index is 2.45. The molecule has 11 rings (SSSR count). The monoisotopic (exact) mass is 678 g/mol. The Morgan fingerprint density at radius 1 is 0.491 bits per heavy atom. The highest BCUT2D eigenvalue weighted by atomic mass is 15.0. The van der Waals surface area contributed by atoms with Crippen LogP contribution in [0.1, 0.15) is 42.9 Å². The smallest absolute Gasteiger partial charge is 0.0541 e. The Labute approximate surface area is 309 Å². The number of hydrogen-bond acceptors (Lipinski definition) is 0. The average Bonchev–Trinajstić information content (AvgIpc) is 3.81. The number of rotatable bonds is 4. The van der Waals surface area contributed by atoms with Crippen molar-refractivity contribution in [3.63, 3.8) is 0 Å². The standard InChI is InChI=1S/C51H38N2/c1-51(2)45-31-35(33-19-25-37(26-20-33)52-47-15-7-3-11-41(47)42-12-4-8-16-48(42)52)23-29-39(45)40-30-24-36(32-46(40)51)34-21-27-38(28-22-34)53-49-17-9-5-13-43(49)44-14-6-10-18-50(44)53/h3-31,36H,32H2,1-2H3. The fourth-order valence-corrected chi connectivity index (χ4v) is 9.50. The van der Waals surface area contributed by atoms with Crippen molar-refractivity contribution >= 4 is 49.2 Å². The molecule has 2 aliphatic rings. The lowest BCUT2D eigenvalue weighted by atomic mass is 9.74. The van der Waals surface area contributed by atoms with Gasteiger partial charge in [-0.1, -0.05) is 141 Å². The number of allylic oxidation sites excluding steroid dienone is 4. The normalized spacial score (nSPS) is 16.2. The minimum absolute atomic E-state index is 0.0461. The fraction of sp³-hybridized carbons (Fsp3) is 0.0980. The molecule has 2 aromatic heterocycles. The lowest BCUT2D eigenvalue weighted by Gasteiger charge is -2.29. The van der Waals surface area contributed by atoms with Gasteiger partial charge in [0.05, 0.1) is 22.1 Å². The summed E-state index contributed by atoms with van der Waals surface area (Å²) >= 11 is 0. The molecule has 0 saturated carbocycles. The van der Waals surface area contributed by atoms with Crippen molar-refractivity contribution in [2.75, 3.05) is 0 Å². The summed E-state index contributed by atoms with van der Waals surface area (Å²) in [5, 5.41) is 5.17. The van der Waals surface area contributed by atoms with Crippen LogP contribution in [0.5, 0.6) is 0 Å². The highest BCUT2D eigenvalue weighted by Gasteiger charge is 2.39. The number of fused-ring (bicyclic) bond motifs is 8. The van der Waals surface area contributed by atoms with Crippen LogP contribution in [-0.4, -0.2) is 9.13 Å². The second kappa shape index (κ2) is 11.3. The van der Waals surface area contributed by atoms with E-state index < -0.39 is 0 Å². The van der Waals surface area contributed by atoms with Crippen molar-refractivity contribution in [1.82, 2.24) is 9.13 Å². The van der Waals surface area contributed by atoms with Gasteiger partial charge in [-0.2, -0.15) is 0 Å². The van der Waals surface area contributed by atoms with Crippen molar-refractivity contribution in [3.8, 4) is 22.5 Å². The SMILES string of the molecule is CC1(C)C2=C(C=CC(c3ccc(-n4c5ccccc5c5ccccc54)cc3)C2)c2ccc(-c3ccc(-n4c5ccccc5c5ccccc54)cc3)cc21. The van der Waals surface area contributed by atoms with E-state index in [1.165, 1.54) is 88.4 Å². The molecule has 0 radical (unpaired) electrons. The lowest BCUT2D eigenvalue weighted by Crippen LogP contribution is -2.19. The van der Waals surface area contributed by atoms with Crippen LogP contribution < -0.4 is 0 Å². The third-order valence-corrected chi connectivity index (χ3v) is 12.2. The molecule has 2 aliphatic carbocycles. The van der Waals surface area contributed by atoms with Crippen molar-refractivity contribution in [3.05, 3.63) is 198 Å². The molecule has 0 aliphatic heterocycles. The van der Waals surface area contributed by atoms with E-state index in [0.717, 1.165) is 6.42 Å². The van der Waals surface area contributed by atoms with Gasteiger partial charge >= 0.3 is 0 Å². The Kier molecular flexibility index (Phi) is 6.46. The maximum atomic E-state index is 2.45. The van der Waals surface area contributed by atoms with Gasteiger partial charge in [0.25, 0.3) is 0 Å². The van der Waals surface area contributed by atoms with Crippen LogP contribution in [0.25, 0.3) is 71.7 Å². The summed E-state index contributed by atoms with van der Waals surface area (Å²) in [5.74, 6) is 0.349. The Morgan fingerprint density at radius 3 is 1.45 bits per heavy atom. The second-order valence-corrected chi connectivity index (χ2v) is 15.3. The first kappa shape index (κ1) is 30.3. The minimum atomic E-state index is -0.0461. The number of hydrogen-bond donors (Lipinski definition) is 0. The Hall–Kier alpha value is -6.38. The van der Waals surface area contributed by atoms with Gasteiger partial charge in [-0.05, 0) is 94.4 Å². The van der Waals surface area contributed by atoms with Crippen LogP contribution in [0.3, 0.4) is 0 Å². The zero-order valence-corrected chi connectivity index (χ0v) is 29.9. The highest BCUT2D eigenvalue weighted by molar-refractivity contribution is 6.10. The molecule has 2 nitrogen and oxygen atoms in total. The molecule has 7 aromatic carbocycles. The Balaban J connectivity index is 0.881. The first-order chi connectivity index (χ1) is 26.0. The van der Waals surface area contributed by atoms with Gasteiger partial charge in [-0.25, -0.2) is 0 Å². The van der Waals surface area contributed by atoms with Crippen LogP contribution in [-0.2, 0) is 5.41 Å². The van der Waals surface area contributed by atoms with Crippen molar-refractivity contribution in [1.29, 1.82) is 0 Å². The number of benzene rings is 7. The first-order valence-electron chi connectivity index (χ1n) is 18.8. The zero-order chi connectivity index (χ0) is 35.3. The molecule has 0 amide bonds. The number of para-hydroxylation sites is 4. The van der Waals surface area contributed by atoms with Gasteiger partial charge in [-0.3, -0.25) is 0 Å². The van der Waals surface area contributed by atoms with Gasteiger partial charge in [0.15, 0.2) is 0 Å². The summed E-state index contributed by atoms with van der Waals surface area (Å²) in [5.41, 5.74) is 17.0. The molecular weight excluding hydrogens is 641 g/mol. The average molecular weight is 679 g/mol. The first-order valence-corrected chi connectivity index (χ1v) is 18.8. The molecule has 0 bridgehead atoms. The molecule has 0 spiro atoms. The van der Waals surface area contributed by atoms with Crippen LogP contribution >= 0.6 is 0 Å². The lowest BCUT2D eigenvalue weighted by molar-refractivity contribution is 0.591. The quantitative estimate of drug-likeness (QED) is 0.175. The second-order valence-electron chi connectivity index (χ2n) is 15.3. The minimum Gasteiger partial charge on any atom is -0.309 e. The van der Waals surface area contributed by atoms with Gasteiger partial charge in [-0.15, -0.1) is 0 Å². The highest BCUT2D eigenvalue weighted by Crippen LogP contribution is 2.53. The Bertz CT molecular complexity index is 2870. The molecule has 2 heteroatoms. The molecule has 9 aromatic rings. The van der Waals surface area contributed by atoms with Crippen LogP contribution in [0.4, 0.5) is 0 Å². The fourth-order valence-electron chi connectivity index (χ4n) is 9.50. The van der Waals surface area contributed by atoms with Gasteiger partial charge < -0.3 is 9.13 Å². The molecular formula is C51H38N2. The molecule has 1 unspecified atom stereocenters. The number of aromatic nitrogens is 2. The summed E-state index contributed by atoms with van der Waals surface area (Å²) in [6, 6.07) is 60.4. The maximum Gasteiger partial charge on any atom is 0.0541 e. The van der Waals surface area contributed by atoms with E-state index in [4.69, 9.17) is 0 Å². The Morgan fingerprint density at radius 2 is 0.943 bits per heavy atom. The summed E-state index contributed by atoms with van der Waals surface area (Å²) in [7, 11) is 0. The van der Waals surface area contributed by atoms with Gasteiger partial charge in [0.2, 0.25) is 0 Å². The molecule has 252 valence electrons. The molecule has 0 saturated heterocycles. The molecule has 0 fully saturated rings. The van der Waals surface area contributed by atoms with Gasteiger partial charge in [0.1, 0.15) is 0 Å².